The molecule has 0 unspecified atom stereocenters. The molecule has 0 spiro atoms. The Hall–Kier alpha value is -2.70. The molecule has 0 aliphatic heterocycles. The van der Waals surface area contributed by atoms with Gasteiger partial charge in [0.25, 0.3) is 0 Å². The highest BCUT2D eigenvalue weighted by molar-refractivity contribution is 5.88. The normalized spacial score (nSPS) is 10.0. The quantitative estimate of drug-likeness (QED) is 0.787. The molecule has 0 fully saturated rings. The van der Waals surface area contributed by atoms with Crippen LogP contribution in [-0.2, 0) is 4.74 Å². The fraction of sp³-hybridized carbons (Fsp3) is 0.286. The summed E-state index contributed by atoms with van der Waals surface area (Å²) in [6, 6.07) is 3.73. The van der Waals surface area contributed by atoms with Gasteiger partial charge in [0.2, 0.25) is 5.95 Å². The van der Waals surface area contributed by atoms with Gasteiger partial charge in [0, 0.05) is 18.9 Å². The molecule has 0 saturated heterocycles. The molecule has 21 heavy (non-hydrogen) atoms. The van der Waals surface area contributed by atoms with Gasteiger partial charge in [0.05, 0.1) is 24.1 Å². The monoisotopic (exact) mass is 287 g/mol. The van der Waals surface area contributed by atoms with Crippen LogP contribution in [0, 0.1) is 0 Å². The molecule has 0 radical (unpaired) electrons. The number of anilines is 3. The highest BCUT2D eigenvalue weighted by atomic mass is 16.5. The number of pyridine rings is 1. The zero-order valence-corrected chi connectivity index (χ0v) is 12.0. The van der Waals surface area contributed by atoms with Crippen molar-refractivity contribution in [2.75, 3.05) is 23.8 Å². The Balaban J connectivity index is 2.01. The van der Waals surface area contributed by atoms with Crippen LogP contribution in [-0.4, -0.2) is 34.1 Å². The van der Waals surface area contributed by atoms with E-state index in [1.807, 2.05) is 19.1 Å². The third-order valence-electron chi connectivity index (χ3n) is 2.54. The fourth-order valence-electron chi connectivity index (χ4n) is 1.60. The molecule has 2 N–H and O–H groups in total. The summed E-state index contributed by atoms with van der Waals surface area (Å²) in [5.74, 6) is 0.767. The Labute approximate surface area is 122 Å². The average molecular weight is 287 g/mol. The first-order valence-electron chi connectivity index (χ1n) is 6.69. The summed E-state index contributed by atoms with van der Waals surface area (Å²) in [6.07, 6.45) is 4.53. The topological polar surface area (TPSA) is 89.0 Å². The predicted octanol–water partition coefficient (Wildman–Crippen LogP) is 2.22. The molecule has 7 nitrogen and oxygen atoms in total. The second kappa shape index (κ2) is 7.18. The largest absolute Gasteiger partial charge is 0.462 e. The van der Waals surface area contributed by atoms with E-state index in [0.29, 0.717) is 18.1 Å². The summed E-state index contributed by atoms with van der Waals surface area (Å²) in [7, 11) is 0. The van der Waals surface area contributed by atoms with Gasteiger partial charge in [-0.05, 0) is 26.0 Å². The highest BCUT2D eigenvalue weighted by Crippen LogP contribution is 2.13. The van der Waals surface area contributed by atoms with Crippen LogP contribution in [0.4, 0.5) is 17.5 Å². The summed E-state index contributed by atoms with van der Waals surface area (Å²) in [4.78, 5) is 23.8. The van der Waals surface area contributed by atoms with E-state index >= 15 is 0 Å². The Kier molecular flexibility index (Phi) is 5.03. The molecule has 2 rings (SSSR count). The number of hydrogen-bond donors (Lipinski definition) is 2. The lowest BCUT2D eigenvalue weighted by Gasteiger charge is -2.06. The second-order valence-corrected chi connectivity index (χ2v) is 4.10. The molecule has 0 aromatic carbocycles. The molecular weight excluding hydrogens is 270 g/mol. The maximum absolute atomic E-state index is 11.5. The van der Waals surface area contributed by atoms with Gasteiger partial charge in [0.1, 0.15) is 5.82 Å². The van der Waals surface area contributed by atoms with Gasteiger partial charge < -0.3 is 15.4 Å². The number of ether oxygens (including phenoxy) is 1. The minimum Gasteiger partial charge on any atom is -0.462 e. The van der Waals surface area contributed by atoms with Crippen LogP contribution in [0.3, 0.4) is 0 Å². The van der Waals surface area contributed by atoms with Crippen molar-refractivity contribution in [2.45, 2.75) is 13.8 Å². The van der Waals surface area contributed by atoms with Crippen molar-refractivity contribution in [3.8, 4) is 0 Å². The van der Waals surface area contributed by atoms with Gasteiger partial charge >= 0.3 is 5.97 Å². The Morgan fingerprint density at radius 3 is 2.48 bits per heavy atom. The number of nitrogens with zero attached hydrogens (tertiary/aromatic N) is 3. The molecular formula is C14H17N5O2. The number of carbonyl (C=O) groups is 1. The molecule has 7 heteroatoms. The third kappa shape index (κ3) is 4.13. The smallest absolute Gasteiger partial charge is 0.341 e. The Morgan fingerprint density at radius 2 is 1.90 bits per heavy atom. The van der Waals surface area contributed by atoms with E-state index in [2.05, 4.69) is 25.6 Å². The third-order valence-corrected chi connectivity index (χ3v) is 2.54. The lowest BCUT2D eigenvalue weighted by atomic mass is 10.3. The van der Waals surface area contributed by atoms with E-state index in [0.717, 1.165) is 18.1 Å². The number of esters is 1. The van der Waals surface area contributed by atoms with Gasteiger partial charge in [0.15, 0.2) is 0 Å². The van der Waals surface area contributed by atoms with Crippen LogP contribution in [0.25, 0.3) is 0 Å². The molecule has 0 bridgehead atoms. The highest BCUT2D eigenvalue weighted by Gasteiger charge is 2.07. The molecule has 2 aromatic heterocycles. The maximum atomic E-state index is 11.5. The van der Waals surface area contributed by atoms with Crippen LogP contribution in [0.15, 0.2) is 30.7 Å². The lowest BCUT2D eigenvalue weighted by Crippen LogP contribution is -2.07. The van der Waals surface area contributed by atoms with Crippen molar-refractivity contribution in [1.82, 2.24) is 15.0 Å². The van der Waals surface area contributed by atoms with Crippen LogP contribution in [0.2, 0.25) is 0 Å². The van der Waals surface area contributed by atoms with Crippen LogP contribution < -0.4 is 10.6 Å². The number of rotatable bonds is 6. The van der Waals surface area contributed by atoms with Crippen molar-refractivity contribution in [1.29, 1.82) is 0 Å². The van der Waals surface area contributed by atoms with Crippen molar-refractivity contribution in [3.63, 3.8) is 0 Å². The Bertz CT molecular complexity index is 583. The SMILES string of the molecule is CCNc1ccc(Nc2ncc(C(=O)OCC)cn2)cn1. The van der Waals surface area contributed by atoms with E-state index in [4.69, 9.17) is 4.74 Å². The fourth-order valence-corrected chi connectivity index (χ4v) is 1.60. The minimum atomic E-state index is -0.430. The molecule has 0 aliphatic carbocycles. The first-order valence-corrected chi connectivity index (χ1v) is 6.69. The number of hydrogen-bond acceptors (Lipinski definition) is 7. The first kappa shape index (κ1) is 14.7. The van der Waals surface area contributed by atoms with Gasteiger partial charge in [-0.1, -0.05) is 0 Å². The Morgan fingerprint density at radius 1 is 1.14 bits per heavy atom. The maximum Gasteiger partial charge on any atom is 0.341 e. The van der Waals surface area contributed by atoms with Gasteiger partial charge in [-0.3, -0.25) is 0 Å². The van der Waals surface area contributed by atoms with Gasteiger partial charge in [-0.25, -0.2) is 19.7 Å². The van der Waals surface area contributed by atoms with E-state index in [1.165, 1.54) is 12.4 Å². The molecule has 0 aliphatic rings. The van der Waals surface area contributed by atoms with Crippen molar-refractivity contribution in [2.24, 2.45) is 0 Å². The lowest BCUT2D eigenvalue weighted by molar-refractivity contribution is 0.0525. The van der Waals surface area contributed by atoms with Gasteiger partial charge in [-0.15, -0.1) is 0 Å². The summed E-state index contributed by atoms with van der Waals surface area (Å²) in [5.41, 5.74) is 1.09. The zero-order valence-electron chi connectivity index (χ0n) is 12.0. The van der Waals surface area contributed by atoms with Crippen molar-refractivity contribution >= 4 is 23.4 Å². The molecule has 0 amide bonds. The number of carbonyl (C=O) groups excluding carboxylic acids is 1. The molecule has 2 aromatic rings. The summed E-state index contributed by atoms with van der Waals surface area (Å²) in [6.45, 7) is 4.90. The molecule has 2 heterocycles. The van der Waals surface area contributed by atoms with E-state index in [1.54, 1.807) is 13.1 Å². The van der Waals surface area contributed by atoms with Crippen molar-refractivity contribution < 1.29 is 9.53 Å². The standard InChI is InChI=1S/C14H17N5O2/c1-3-15-12-6-5-11(9-16-12)19-14-17-7-10(8-18-14)13(20)21-4-2/h5-9H,3-4H2,1-2H3,(H,15,16)(H,17,18,19). The summed E-state index contributed by atoms with van der Waals surface area (Å²) in [5, 5.41) is 6.12. The zero-order chi connectivity index (χ0) is 15.1. The van der Waals surface area contributed by atoms with Crippen LogP contribution in [0.5, 0.6) is 0 Å². The van der Waals surface area contributed by atoms with E-state index in [-0.39, 0.29) is 0 Å². The van der Waals surface area contributed by atoms with Crippen LogP contribution in [0.1, 0.15) is 24.2 Å². The van der Waals surface area contributed by atoms with E-state index < -0.39 is 5.97 Å². The van der Waals surface area contributed by atoms with E-state index in [9.17, 15) is 4.79 Å². The molecule has 0 atom stereocenters. The van der Waals surface area contributed by atoms with Gasteiger partial charge in [-0.2, -0.15) is 0 Å². The predicted molar refractivity (Wildman–Crippen MR) is 79.7 cm³/mol. The molecule has 0 saturated carbocycles. The summed E-state index contributed by atoms with van der Waals surface area (Å²) >= 11 is 0. The van der Waals surface area contributed by atoms with Crippen LogP contribution >= 0.6 is 0 Å². The molecule has 110 valence electrons. The van der Waals surface area contributed by atoms with Crippen molar-refractivity contribution in [3.05, 3.63) is 36.3 Å². The summed E-state index contributed by atoms with van der Waals surface area (Å²) < 4.78 is 4.87. The first-order chi connectivity index (χ1) is 10.2. The second-order valence-electron chi connectivity index (χ2n) is 4.10. The number of aromatic nitrogens is 3. The minimum absolute atomic E-state index is 0.322. The average Bonchev–Trinajstić information content (AvgIpc) is 2.50. The number of nitrogens with one attached hydrogen (secondary N) is 2.